The molecule has 1 unspecified atom stereocenters. The summed E-state index contributed by atoms with van der Waals surface area (Å²) in [7, 11) is 2.08. The highest BCUT2D eigenvalue weighted by molar-refractivity contribution is 5.24. The molecule has 114 valence electrons. The van der Waals surface area contributed by atoms with Crippen LogP contribution in [0.15, 0.2) is 24.3 Å². The van der Waals surface area contributed by atoms with Crippen molar-refractivity contribution < 1.29 is 0 Å². The Morgan fingerprint density at radius 1 is 0.850 bits per heavy atom. The van der Waals surface area contributed by atoms with Crippen LogP contribution in [-0.2, 0) is 6.42 Å². The molecule has 20 heavy (non-hydrogen) atoms. The maximum Gasteiger partial charge on any atom is 0.0317 e. The van der Waals surface area contributed by atoms with Gasteiger partial charge in [-0.3, -0.25) is 0 Å². The third-order valence-corrected chi connectivity index (χ3v) is 4.24. The molecule has 1 atom stereocenters. The molecule has 1 rings (SSSR count). The normalized spacial score (nSPS) is 12.6. The van der Waals surface area contributed by atoms with Crippen LogP contribution in [0.1, 0.15) is 82.4 Å². The van der Waals surface area contributed by atoms with Gasteiger partial charge in [0.15, 0.2) is 0 Å². The summed E-state index contributed by atoms with van der Waals surface area (Å²) in [5, 5.41) is 3.47. The zero-order chi connectivity index (χ0) is 14.6. The average molecular weight is 275 g/mol. The van der Waals surface area contributed by atoms with E-state index in [-0.39, 0.29) is 0 Å². The molecule has 1 nitrogen and oxygen atoms in total. The van der Waals surface area contributed by atoms with Crippen molar-refractivity contribution in [3.63, 3.8) is 0 Å². The molecule has 0 fully saturated rings. The van der Waals surface area contributed by atoms with Gasteiger partial charge in [0.25, 0.3) is 0 Å². The second kappa shape index (κ2) is 10.9. The molecule has 1 N–H and O–H groups in total. The molecule has 0 aliphatic carbocycles. The summed E-state index contributed by atoms with van der Waals surface area (Å²) in [6.45, 7) is 4.49. The van der Waals surface area contributed by atoms with Gasteiger partial charge in [-0.05, 0) is 31.0 Å². The molecule has 1 aromatic rings. The van der Waals surface area contributed by atoms with Gasteiger partial charge in [0.05, 0.1) is 0 Å². The average Bonchev–Trinajstić information content (AvgIpc) is 2.50. The van der Waals surface area contributed by atoms with Crippen LogP contribution in [0.2, 0.25) is 0 Å². The molecule has 0 spiro atoms. The molecule has 0 aliphatic rings. The lowest BCUT2D eigenvalue weighted by atomic mass is 9.98. The summed E-state index contributed by atoms with van der Waals surface area (Å²) in [6, 6.07) is 9.65. The van der Waals surface area contributed by atoms with Crippen LogP contribution < -0.4 is 5.32 Å². The Labute approximate surface area is 126 Å². The Kier molecular flexibility index (Phi) is 9.40. The third-order valence-electron chi connectivity index (χ3n) is 4.24. The van der Waals surface area contributed by atoms with Crippen molar-refractivity contribution in [3.05, 3.63) is 35.4 Å². The predicted molar refractivity (Wildman–Crippen MR) is 90.2 cm³/mol. The highest BCUT2D eigenvalue weighted by atomic mass is 14.9. The second-order valence-electron chi connectivity index (χ2n) is 5.85. The van der Waals surface area contributed by atoms with Crippen LogP contribution in [0.25, 0.3) is 0 Å². The fourth-order valence-electron chi connectivity index (χ4n) is 2.77. The van der Waals surface area contributed by atoms with E-state index in [0.717, 1.165) is 6.42 Å². The number of hydrogen-bond donors (Lipinski definition) is 1. The van der Waals surface area contributed by atoms with Crippen LogP contribution in [0, 0.1) is 0 Å². The monoisotopic (exact) mass is 275 g/mol. The van der Waals surface area contributed by atoms with E-state index in [1.165, 1.54) is 62.5 Å². The quantitative estimate of drug-likeness (QED) is 0.514. The maximum atomic E-state index is 3.47. The third kappa shape index (κ3) is 6.56. The first-order valence-corrected chi connectivity index (χ1v) is 8.57. The van der Waals surface area contributed by atoms with E-state index in [9.17, 15) is 0 Å². The molecular weight excluding hydrogens is 242 g/mol. The SMILES string of the molecule is CCCCCCCCCC(NC)c1ccc(CC)cc1. The van der Waals surface area contributed by atoms with Gasteiger partial charge >= 0.3 is 0 Å². The highest BCUT2D eigenvalue weighted by Gasteiger charge is 2.08. The zero-order valence-electron chi connectivity index (χ0n) is 13.8. The number of hydrogen-bond acceptors (Lipinski definition) is 1. The van der Waals surface area contributed by atoms with Crippen molar-refractivity contribution in [3.8, 4) is 0 Å². The summed E-state index contributed by atoms with van der Waals surface area (Å²) >= 11 is 0. The van der Waals surface area contributed by atoms with Gasteiger partial charge in [-0.15, -0.1) is 0 Å². The minimum atomic E-state index is 0.525. The number of rotatable bonds is 11. The molecule has 0 saturated heterocycles. The molecule has 0 heterocycles. The van der Waals surface area contributed by atoms with Crippen LogP contribution in [0.3, 0.4) is 0 Å². The zero-order valence-corrected chi connectivity index (χ0v) is 13.8. The van der Waals surface area contributed by atoms with Gasteiger partial charge < -0.3 is 5.32 Å². The fraction of sp³-hybridized carbons (Fsp3) is 0.684. The summed E-state index contributed by atoms with van der Waals surface area (Å²) < 4.78 is 0. The van der Waals surface area contributed by atoms with Crippen molar-refractivity contribution >= 4 is 0 Å². The second-order valence-corrected chi connectivity index (χ2v) is 5.85. The molecule has 1 aromatic carbocycles. The summed E-state index contributed by atoms with van der Waals surface area (Å²) in [4.78, 5) is 0. The van der Waals surface area contributed by atoms with Crippen molar-refractivity contribution in [1.29, 1.82) is 0 Å². The number of nitrogens with one attached hydrogen (secondary N) is 1. The van der Waals surface area contributed by atoms with Crippen LogP contribution >= 0.6 is 0 Å². The maximum absolute atomic E-state index is 3.47. The lowest BCUT2D eigenvalue weighted by molar-refractivity contribution is 0.496. The minimum Gasteiger partial charge on any atom is -0.313 e. The minimum absolute atomic E-state index is 0.525. The van der Waals surface area contributed by atoms with E-state index < -0.39 is 0 Å². The first-order chi connectivity index (χ1) is 9.81. The molecular formula is C19H33N. The van der Waals surface area contributed by atoms with Crippen LogP contribution in [0.5, 0.6) is 0 Å². The van der Waals surface area contributed by atoms with Gasteiger partial charge in [-0.1, -0.05) is 83.1 Å². The molecule has 0 amide bonds. The largest absolute Gasteiger partial charge is 0.313 e. The van der Waals surface area contributed by atoms with Crippen molar-refractivity contribution in [2.75, 3.05) is 7.05 Å². The fourth-order valence-corrected chi connectivity index (χ4v) is 2.77. The van der Waals surface area contributed by atoms with Crippen molar-refractivity contribution in [1.82, 2.24) is 5.32 Å². The predicted octanol–water partition coefficient (Wildman–Crippen LogP) is 5.65. The van der Waals surface area contributed by atoms with E-state index in [1.807, 2.05) is 0 Å². The Morgan fingerprint density at radius 2 is 1.45 bits per heavy atom. The van der Waals surface area contributed by atoms with Gasteiger partial charge in [0.1, 0.15) is 0 Å². The van der Waals surface area contributed by atoms with E-state index in [0.29, 0.717) is 6.04 Å². The van der Waals surface area contributed by atoms with Gasteiger partial charge in [-0.2, -0.15) is 0 Å². The van der Waals surface area contributed by atoms with E-state index in [2.05, 4.69) is 50.5 Å². The van der Waals surface area contributed by atoms with E-state index >= 15 is 0 Å². The smallest absolute Gasteiger partial charge is 0.0317 e. The lowest BCUT2D eigenvalue weighted by Gasteiger charge is -2.17. The lowest BCUT2D eigenvalue weighted by Crippen LogP contribution is -2.16. The van der Waals surface area contributed by atoms with Crippen molar-refractivity contribution in [2.24, 2.45) is 0 Å². The molecule has 0 aliphatic heterocycles. The molecule has 1 heteroatoms. The number of benzene rings is 1. The summed E-state index contributed by atoms with van der Waals surface area (Å²) in [6.07, 6.45) is 12.1. The van der Waals surface area contributed by atoms with Gasteiger partial charge in [-0.25, -0.2) is 0 Å². The van der Waals surface area contributed by atoms with E-state index in [4.69, 9.17) is 0 Å². The van der Waals surface area contributed by atoms with Crippen LogP contribution in [0.4, 0.5) is 0 Å². The summed E-state index contributed by atoms with van der Waals surface area (Å²) in [5.74, 6) is 0. The van der Waals surface area contributed by atoms with Crippen LogP contribution in [-0.4, -0.2) is 7.05 Å². The molecule has 0 saturated carbocycles. The molecule has 0 bridgehead atoms. The molecule has 0 radical (unpaired) electrons. The van der Waals surface area contributed by atoms with Crippen molar-refractivity contribution in [2.45, 2.75) is 77.7 Å². The topological polar surface area (TPSA) is 12.0 Å². The van der Waals surface area contributed by atoms with Gasteiger partial charge in [0, 0.05) is 6.04 Å². The highest BCUT2D eigenvalue weighted by Crippen LogP contribution is 2.21. The summed E-state index contributed by atoms with van der Waals surface area (Å²) in [5.41, 5.74) is 2.87. The van der Waals surface area contributed by atoms with Gasteiger partial charge in [0.2, 0.25) is 0 Å². The first kappa shape index (κ1) is 17.2. The Bertz CT molecular complexity index is 328. The number of unbranched alkanes of at least 4 members (excludes halogenated alkanes) is 6. The standard InChI is InChI=1S/C19H33N/c1-4-6-7-8-9-10-11-12-19(20-3)18-15-13-17(5-2)14-16-18/h13-16,19-20H,4-12H2,1-3H3. The number of aryl methyl sites for hydroxylation is 1. The molecule has 0 aromatic heterocycles. The Morgan fingerprint density at radius 3 is 2.00 bits per heavy atom. The Balaban J connectivity index is 2.24. The van der Waals surface area contributed by atoms with E-state index in [1.54, 1.807) is 0 Å². The Hall–Kier alpha value is -0.820. The first-order valence-electron chi connectivity index (χ1n) is 8.57.